The Morgan fingerprint density at radius 2 is 2.39 bits per heavy atom. The number of rotatable bonds is 3. The largest absolute Gasteiger partial charge is 0.480 e. The Hall–Kier alpha value is -2.18. The molecule has 1 N–H and O–H groups in total. The molecule has 18 heavy (non-hydrogen) atoms. The number of hydrogen-bond acceptors (Lipinski definition) is 5. The average Bonchev–Trinajstić information content (AvgIpc) is 2.72. The van der Waals surface area contributed by atoms with Gasteiger partial charge in [0.25, 0.3) is 0 Å². The molecule has 2 heterocycles. The van der Waals surface area contributed by atoms with E-state index in [4.69, 9.17) is 0 Å². The van der Waals surface area contributed by atoms with Crippen molar-refractivity contribution in [2.45, 2.75) is 25.3 Å². The normalized spacial score (nSPS) is 23.1. The van der Waals surface area contributed by atoms with Crippen LogP contribution in [0.2, 0.25) is 0 Å². The summed E-state index contributed by atoms with van der Waals surface area (Å²) in [5, 5.41) is 20.2. The summed E-state index contributed by atoms with van der Waals surface area (Å²) >= 11 is 0. The molecule has 1 aliphatic rings. The van der Waals surface area contributed by atoms with Crippen LogP contribution < -0.4 is 4.90 Å². The average molecular weight is 251 g/mol. The van der Waals surface area contributed by atoms with Gasteiger partial charge in [0.15, 0.2) is 0 Å². The number of carboxylic acid groups (broad SMARTS) is 1. The molecule has 1 atom stereocenters. The molecule has 1 aromatic heterocycles. The first-order valence-corrected chi connectivity index (χ1v) is 5.57. The number of anilines is 1. The summed E-state index contributed by atoms with van der Waals surface area (Å²) in [5.41, 5.74) is -1.29. The van der Waals surface area contributed by atoms with E-state index in [-0.39, 0.29) is 11.5 Å². The second-order valence-corrected chi connectivity index (χ2v) is 4.44. The molecule has 1 fully saturated rings. The lowest BCUT2D eigenvalue weighted by Gasteiger charge is -2.31. The van der Waals surface area contributed by atoms with Crippen molar-refractivity contribution >= 4 is 17.5 Å². The van der Waals surface area contributed by atoms with Crippen molar-refractivity contribution in [1.82, 2.24) is 4.98 Å². The smallest absolute Gasteiger partial charge is 0.329 e. The number of aliphatic carboxylic acids is 1. The van der Waals surface area contributed by atoms with E-state index < -0.39 is 16.4 Å². The van der Waals surface area contributed by atoms with E-state index in [9.17, 15) is 20.0 Å². The zero-order valence-corrected chi connectivity index (χ0v) is 9.87. The molecule has 0 aliphatic carbocycles. The molecule has 0 aromatic carbocycles. The van der Waals surface area contributed by atoms with E-state index in [0.717, 1.165) is 0 Å². The minimum absolute atomic E-state index is 0.130. The number of hydrogen-bond donors (Lipinski definition) is 1. The van der Waals surface area contributed by atoms with Gasteiger partial charge in [-0.05, 0) is 25.8 Å². The molecule has 0 spiro atoms. The van der Waals surface area contributed by atoms with Gasteiger partial charge in [-0.15, -0.1) is 0 Å². The maximum absolute atomic E-state index is 11.3. The quantitative estimate of drug-likeness (QED) is 0.644. The van der Waals surface area contributed by atoms with E-state index in [2.05, 4.69) is 4.98 Å². The third kappa shape index (κ3) is 1.77. The van der Waals surface area contributed by atoms with Crippen molar-refractivity contribution in [1.29, 1.82) is 0 Å². The van der Waals surface area contributed by atoms with Gasteiger partial charge in [0.2, 0.25) is 5.82 Å². The fourth-order valence-electron chi connectivity index (χ4n) is 2.26. The van der Waals surface area contributed by atoms with Gasteiger partial charge in [-0.1, -0.05) is 0 Å². The van der Waals surface area contributed by atoms with Gasteiger partial charge in [0.05, 0.1) is 4.92 Å². The van der Waals surface area contributed by atoms with Crippen LogP contribution in [0, 0.1) is 10.1 Å². The monoisotopic (exact) mass is 251 g/mol. The van der Waals surface area contributed by atoms with Crippen LogP contribution in [-0.2, 0) is 4.79 Å². The number of pyridine rings is 1. The first-order valence-electron chi connectivity index (χ1n) is 5.57. The molecule has 1 unspecified atom stereocenters. The van der Waals surface area contributed by atoms with E-state index in [1.165, 1.54) is 23.2 Å². The van der Waals surface area contributed by atoms with Gasteiger partial charge in [0, 0.05) is 18.8 Å². The van der Waals surface area contributed by atoms with E-state index in [1.54, 1.807) is 6.92 Å². The molecule has 0 bridgehead atoms. The minimum atomic E-state index is -1.13. The Balaban J connectivity index is 2.49. The predicted octanol–water partition coefficient (Wildman–Crippen LogP) is 1.43. The molecular formula is C11H13N3O4. The van der Waals surface area contributed by atoms with Crippen LogP contribution in [0.25, 0.3) is 0 Å². The Kier molecular flexibility index (Phi) is 2.90. The van der Waals surface area contributed by atoms with Crippen LogP contribution in [0.3, 0.4) is 0 Å². The topological polar surface area (TPSA) is 96.6 Å². The Morgan fingerprint density at radius 1 is 1.67 bits per heavy atom. The summed E-state index contributed by atoms with van der Waals surface area (Å²) < 4.78 is 0. The Bertz CT molecular complexity index is 505. The van der Waals surface area contributed by atoms with Crippen LogP contribution in [0.5, 0.6) is 0 Å². The van der Waals surface area contributed by atoms with E-state index in [0.29, 0.717) is 19.4 Å². The fraction of sp³-hybridized carbons (Fsp3) is 0.455. The van der Waals surface area contributed by atoms with E-state index >= 15 is 0 Å². The lowest BCUT2D eigenvalue weighted by molar-refractivity contribution is -0.384. The first-order chi connectivity index (χ1) is 8.47. The molecule has 2 rings (SSSR count). The number of carboxylic acids is 1. The van der Waals surface area contributed by atoms with Crippen molar-refractivity contribution in [3.8, 4) is 0 Å². The molecule has 96 valence electrons. The van der Waals surface area contributed by atoms with Crippen LogP contribution >= 0.6 is 0 Å². The SMILES string of the molecule is CC1(C(=O)O)CCCN1c1ncccc1[N+](=O)[O-]. The Morgan fingerprint density at radius 3 is 3.00 bits per heavy atom. The zero-order chi connectivity index (χ0) is 13.3. The molecule has 1 saturated heterocycles. The highest BCUT2D eigenvalue weighted by molar-refractivity contribution is 5.84. The molecule has 1 aromatic rings. The van der Waals surface area contributed by atoms with Crippen molar-refractivity contribution in [3.63, 3.8) is 0 Å². The highest BCUT2D eigenvalue weighted by Crippen LogP contribution is 2.37. The summed E-state index contributed by atoms with van der Waals surface area (Å²) in [6.45, 7) is 2.03. The van der Waals surface area contributed by atoms with Crippen molar-refractivity contribution in [3.05, 3.63) is 28.4 Å². The summed E-state index contributed by atoms with van der Waals surface area (Å²) in [6, 6.07) is 2.80. The third-order valence-corrected chi connectivity index (χ3v) is 3.32. The van der Waals surface area contributed by atoms with E-state index in [1.807, 2.05) is 0 Å². The van der Waals surface area contributed by atoms with Crippen molar-refractivity contribution in [2.24, 2.45) is 0 Å². The molecule has 0 saturated carbocycles. The fourth-order valence-corrected chi connectivity index (χ4v) is 2.26. The summed E-state index contributed by atoms with van der Waals surface area (Å²) in [6.07, 6.45) is 2.56. The first kappa shape index (κ1) is 12.3. The second kappa shape index (κ2) is 4.25. The number of nitro groups is 1. The van der Waals surface area contributed by atoms with Crippen LogP contribution in [0.1, 0.15) is 19.8 Å². The Labute approximate surface area is 103 Å². The van der Waals surface area contributed by atoms with Gasteiger partial charge >= 0.3 is 11.7 Å². The van der Waals surface area contributed by atoms with Gasteiger partial charge in [0.1, 0.15) is 5.54 Å². The zero-order valence-electron chi connectivity index (χ0n) is 9.87. The summed E-state index contributed by atoms with van der Waals surface area (Å²) in [5.74, 6) is -0.857. The lowest BCUT2D eigenvalue weighted by atomic mass is 9.99. The van der Waals surface area contributed by atoms with Gasteiger partial charge in [-0.3, -0.25) is 10.1 Å². The van der Waals surface area contributed by atoms with Gasteiger partial charge in [-0.2, -0.15) is 0 Å². The number of aromatic nitrogens is 1. The van der Waals surface area contributed by atoms with Crippen LogP contribution in [0.15, 0.2) is 18.3 Å². The molecular weight excluding hydrogens is 238 g/mol. The number of nitrogens with zero attached hydrogens (tertiary/aromatic N) is 3. The summed E-state index contributed by atoms with van der Waals surface area (Å²) in [4.78, 5) is 27.2. The number of carbonyl (C=O) groups is 1. The maximum atomic E-state index is 11.3. The van der Waals surface area contributed by atoms with Gasteiger partial charge < -0.3 is 10.0 Å². The highest BCUT2D eigenvalue weighted by Gasteiger charge is 2.46. The van der Waals surface area contributed by atoms with Crippen LogP contribution in [0.4, 0.5) is 11.5 Å². The standard InChI is InChI=1S/C11H13N3O4/c1-11(10(15)16)5-3-7-13(11)9-8(14(17)18)4-2-6-12-9/h2,4,6H,3,5,7H2,1H3,(H,15,16). The molecule has 0 radical (unpaired) electrons. The molecule has 1 aliphatic heterocycles. The second-order valence-electron chi connectivity index (χ2n) is 4.44. The van der Waals surface area contributed by atoms with Crippen molar-refractivity contribution in [2.75, 3.05) is 11.4 Å². The molecule has 0 amide bonds. The predicted molar refractivity (Wildman–Crippen MR) is 63.5 cm³/mol. The highest BCUT2D eigenvalue weighted by atomic mass is 16.6. The maximum Gasteiger partial charge on any atom is 0.329 e. The van der Waals surface area contributed by atoms with Crippen LogP contribution in [-0.4, -0.2) is 33.1 Å². The molecule has 7 heteroatoms. The third-order valence-electron chi connectivity index (χ3n) is 3.32. The molecule has 7 nitrogen and oxygen atoms in total. The van der Waals surface area contributed by atoms with Gasteiger partial charge in [-0.25, -0.2) is 9.78 Å². The van der Waals surface area contributed by atoms with Crippen molar-refractivity contribution < 1.29 is 14.8 Å². The lowest BCUT2D eigenvalue weighted by Crippen LogP contribution is -2.48. The minimum Gasteiger partial charge on any atom is -0.480 e. The summed E-state index contributed by atoms with van der Waals surface area (Å²) in [7, 11) is 0.